The third-order valence-corrected chi connectivity index (χ3v) is 4.82. The van der Waals surface area contributed by atoms with Crippen LogP contribution >= 0.6 is 0 Å². The zero-order valence-corrected chi connectivity index (χ0v) is 14.7. The van der Waals surface area contributed by atoms with E-state index < -0.39 is 0 Å². The normalized spacial score (nSPS) is 13.8. The lowest BCUT2D eigenvalue weighted by Crippen LogP contribution is -2.22. The molecule has 0 radical (unpaired) electrons. The van der Waals surface area contributed by atoms with Crippen molar-refractivity contribution in [3.63, 3.8) is 0 Å². The highest BCUT2D eigenvalue weighted by molar-refractivity contribution is 5.87. The molecule has 0 saturated heterocycles. The zero-order chi connectivity index (χ0) is 17.2. The number of hydrogen-bond acceptors (Lipinski definition) is 5. The van der Waals surface area contributed by atoms with Crippen molar-refractivity contribution in [2.75, 3.05) is 17.3 Å². The summed E-state index contributed by atoms with van der Waals surface area (Å²) in [4.78, 5) is 16.0. The first-order valence-electron chi connectivity index (χ1n) is 8.92. The SMILES string of the molecule is CCc1ccccc1CNc1nc(N(C)C2CC2)nc2ncccc12. The largest absolute Gasteiger partial charge is 0.365 e. The molecular weight excluding hydrogens is 310 g/mol. The maximum absolute atomic E-state index is 4.80. The summed E-state index contributed by atoms with van der Waals surface area (Å²) in [5.41, 5.74) is 3.41. The van der Waals surface area contributed by atoms with Crippen molar-refractivity contribution < 1.29 is 0 Å². The summed E-state index contributed by atoms with van der Waals surface area (Å²) in [6, 6.07) is 13.1. The summed E-state index contributed by atoms with van der Waals surface area (Å²) in [5.74, 6) is 1.60. The number of aryl methyl sites for hydroxylation is 1. The lowest BCUT2D eigenvalue weighted by Gasteiger charge is -2.18. The number of aromatic nitrogens is 3. The van der Waals surface area contributed by atoms with Crippen LogP contribution < -0.4 is 10.2 Å². The van der Waals surface area contributed by atoms with E-state index in [2.05, 4.69) is 58.4 Å². The molecule has 0 bridgehead atoms. The predicted octanol–water partition coefficient (Wildman–Crippen LogP) is 3.80. The van der Waals surface area contributed by atoms with Gasteiger partial charge in [-0.2, -0.15) is 9.97 Å². The minimum absolute atomic E-state index is 0.565. The molecule has 128 valence electrons. The molecule has 0 unspecified atom stereocenters. The predicted molar refractivity (Wildman–Crippen MR) is 102 cm³/mol. The van der Waals surface area contributed by atoms with Gasteiger partial charge in [-0.05, 0) is 42.5 Å². The summed E-state index contributed by atoms with van der Waals surface area (Å²) >= 11 is 0. The van der Waals surface area contributed by atoms with E-state index in [1.165, 1.54) is 24.0 Å². The molecule has 0 amide bonds. The van der Waals surface area contributed by atoms with E-state index in [-0.39, 0.29) is 0 Å². The molecule has 1 N–H and O–H groups in total. The molecule has 1 saturated carbocycles. The molecule has 2 aromatic heterocycles. The summed E-state index contributed by atoms with van der Waals surface area (Å²) < 4.78 is 0. The van der Waals surface area contributed by atoms with E-state index in [0.29, 0.717) is 6.04 Å². The molecule has 0 atom stereocenters. The fourth-order valence-electron chi connectivity index (χ4n) is 3.12. The van der Waals surface area contributed by atoms with Crippen molar-refractivity contribution >= 4 is 22.8 Å². The van der Waals surface area contributed by atoms with Crippen LogP contribution in [-0.2, 0) is 13.0 Å². The first-order chi connectivity index (χ1) is 12.3. The third-order valence-electron chi connectivity index (χ3n) is 4.82. The van der Waals surface area contributed by atoms with Crippen molar-refractivity contribution in [2.45, 2.75) is 38.8 Å². The molecule has 4 rings (SSSR count). The van der Waals surface area contributed by atoms with Gasteiger partial charge in [0.25, 0.3) is 0 Å². The van der Waals surface area contributed by atoms with Crippen LogP contribution in [0.4, 0.5) is 11.8 Å². The number of benzene rings is 1. The number of pyridine rings is 1. The Hall–Kier alpha value is -2.69. The Bertz CT molecular complexity index is 888. The number of fused-ring (bicyclic) bond motifs is 1. The molecule has 3 aromatic rings. The minimum Gasteiger partial charge on any atom is -0.365 e. The lowest BCUT2D eigenvalue weighted by atomic mass is 10.1. The number of anilines is 2. The van der Waals surface area contributed by atoms with Gasteiger partial charge >= 0.3 is 0 Å². The Labute approximate surface area is 148 Å². The highest BCUT2D eigenvalue weighted by Gasteiger charge is 2.28. The Morgan fingerprint density at radius 1 is 1.08 bits per heavy atom. The quantitative estimate of drug-likeness (QED) is 0.743. The van der Waals surface area contributed by atoms with Crippen LogP contribution in [0.15, 0.2) is 42.6 Å². The van der Waals surface area contributed by atoms with Crippen LogP contribution in [0.3, 0.4) is 0 Å². The minimum atomic E-state index is 0.565. The van der Waals surface area contributed by atoms with E-state index in [1.54, 1.807) is 6.20 Å². The van der Waals surface area contributed by atoms with Gasteiger partial charge in [0.15, 0.2) is 5.65 Å². The highest BCUT2D eigenvalue weighted by atomic mass is 15.3. The van der Waals surface area contributed by atoms with Crippen molar-refractivity contribution in [3.8, 4) is 0 Å². The fourth-order valence-corrected chi connectivity index (χ4v) is 3.12. The molecule has 1 fully saturated rings. The summed E-state index contributed by atoms with van der Waals surface area (Å²) in [5, 5.41) is 4.48. The molecule has 0 spiro atoms. The Balaban J connectivity index is 1.67. The standard InChI is InChI=1S/C20H23N5/c1-3-14-7-4-5-8-15(14)13-22-19-17-9-6-12-21-18(17)23-20(24-19)25(2)16-10-11-16/h4-9,12,16H,3,10-11,13H2,1-2H3,(H,21,22,23,24). The van der Waals surface area contributed by atoms with Gasteiger partial charge in [0.1, 0.15) is 5.82 Å². The zero-order valence-electron chi connectivity index (χ0n) is 14.7. The second kappa shape index (κ2) is 6.67. The van der Waals surface area contributed by atoms with Gasteiger partial charge in [-0.25, -0.2) is 4.98 Å². The summed E-state index contributed by atoms with van der Waals surface area (Å²) in [6.45, 7) is 2.93. The van der Waals surface area contributed by atoms with Gasteiger partial charge in [0.2, 0.25) is 5.95 Å². The monoisotopic (exact) mass is 333 g/mol. The van der Waals surface area contributed by atoms with E-state index in [9.17, 15) is 0 Å². The first-order valence-corrected chi connectivity index (χ1v) is 8.92. The van der Waals surface area contributed by atoms with E-state index >= 15 is 0 Å². The maximum atomic E-state index is 4.80. The lowest BCUT2D eigenvalue weighted by molar-refractivity contribution is 0.865. The van der Waals surface area contributed by atoms with Crippen molar-refractivity contribution in [1.29, 1.82) is 0 Å². The fraction of sp³-hybridized carbons (Fsp3) is 0.350. The average molecular weight is 333 g/mol. The summed E-state index contributed by atoms with van der Waals surface area (Å²) in [6.07, 6.45) is 5.24. The van der Waals surface area contributed by atoms with E-state index in [0.717, 1.165) is 35.8 Å². The number of rotatable bonds is 6. The molecule has 1 aliphatic carbocycles. The van der Waals surface area contributed by atoms with Gasteiger partial charge in [-0.3, -0.25) is 0 Å². The van der Waals surface area contributed by atoms with Gasteiger partial charge in [-0.1, -0.05) is 31.2 Å². The molecular formula is C20H23N5. The molecule has 25 heavy (non-hydrogen) atoms. The van der Waals surface area contributed by atoms with Crippen LogP contribution in [0.2, 0.25) is 0 Å². The second-order valence-corrected chi connectivity index (χ2v) is 6.56. The Morgan fingerprint density at radius 2 is 1.88 bits per heavy atom. The van der Waals surface area contributed by atoms with E-state index in [4.69, 9.17) is 4.98 Å². The molecule has 5 heteroatoms. The van der Waals surface area contributed by atoms with Crippen molar-refractivity contribution in [3.05, 3.63) is 53.7 Å². The van der Waals surface area contributed by atoms with Crippen LogP contribution in [0.1, 0.15) is 30.9 Å². The van der Waals surface area contributed by atoms with Crippen LogP contribution in [0.25, 0.3) is 11.0 Å². The van der Waals surface area contributed by atoms with Crippen molar-refractivity contribution in [2.24, 2.45) is 0 Å². The topological polar surface area (TPSA) is 53.9 Å². The molecule has 0 aliphatic heterocycles. The van der Waals surface area contributed by atoms with Crippen LogP contribution in [0, 0.1) is 0 Å². The third kappa shape index (κ3) is 3.27. The molecule has 1 aromatic carbocycles. The second-order valence-electron chi connectivity index (χ2n) is 6.56. The number of hydrogen-bond donors (Lipinski definition) is 1. The number of nitrogens with zero attached hydrogens (tertiary/aromatic N) is 4. The highest BCUT2D eigenvalue weighted by Crippen LogP contribution is 2.30. The van der Waals surface area contributed by atoms with Crippen molar-refractivity contribution in [1.82, 2.24) is 15.0 Å². The maximum Gasteiger partial charge on any atom is 0.229 e. The average Bonchev–Trinajstić information content (AvgIpc) is 3.50. The Kier molecular flexibility index (Phi) is 4.22. The van der Waals surface area contributed by atoms with Gasteiger partial charge in [-0.15, -0.1) is 0 Å². The van der Waals surface area contributed by atoms with E-state index in [1.807, 2.05) is 12.1 Å². The Morgan fingerprint density at radius 3 is 2.64 bits per heavy atom. The molecule has 5 nitrogen and oxygen atoms in total. The van der Waals surface area contributed by atoms with Gasteiger partial charge in [0.05, 0.1) is 5.39 Å². The van der Waals surface area contributed by atoms with Crippen LogP contribution in [0.5, 0.6) is 0 Å². The van der Waals surface area contributed by atoms with Gasteiger partial charge < -0.3 is 10.2 Å². The first kappa shape index (κ1) is 15.8. The molecule has 2 heterocycles. The smallest absolute Gasteiger partial charge is 0.229 e. The van der Waals surface area contributed by atoms with Crippen LogP contribution in [-0.4, -0.2) is 28.0 Å². The number of nitrogens with one attached hydrogen (secondary N) is 1. The summed E-state index contributed by atoms with van der Waals surface area (Å²) in [7, 11) is 2.07. The van der Waals surface area contributed by atoms with Gasteiger partial charge in [0, 0.05) is 25.8 Å². The molecule has 1 aliphatic rings.